The lowest BCUT2D eigenvalue weighted by Gasteiger charge is -2.12. The highest BCUT2D eigenvalue weighted by Crippen LogP contribution is 2.23. The van der Waals surface area contributed by atoms with Gasteiger partial charge in [0.05, 0.1) is 0 Å². The van der Waals surface area contributed by atoms with E-state index in [1.54, 1.807) is 4.68 Å². The predicted octanol–water partition coefficient (Wildman–Crippen LogP) is 2.45. The summed E-state index contributed by atoms with van der Waals surface area (Å²) in [5.74, 6) is 1.33. The zero-order chi connectivity index (χ0) is 19.0. The Kier molecular flexibility index (Phi) is 4.39. The van der Waals surface area contributed by atoms with Gasteiger partial charge in [-0.15, -0.1) is 5.10 Å². The van der Waals surface area contributed by atoms with E-state index in [0.717, 1.165) is 24.4 Å². The zero-order valence-corrected chi connectivity index (χ0v) is 15.8. The van der Waals surface area contributed by atoms with E-state index in [4.69, 9.17) is 0 Å². The van der Waals surface area contributed by atoms with Crippen LogP contribution in [0.2, 0.25) is 0 Å². The minimum atomic E-state index is -0.0570. The summed E-state index contributed by atoms with van der Waals surface area (Å²) in [7, 11) is 5.72. The number of aromatic nitrogens is 3. The van der Waals surface area contributed by atoms with Gasteiger partial charge in [0.15, 0.2) is 5.82 Å². The van der Waals surface area contributed by atoms with Gasteiger partial charge in [-0.05, 0) is 36.1 Å². The number of hydrogen-bond acceptors (Lipinski definition) is 4. The van der Waals surface area contributed by atoms with Crippen molar-refractivity contribution in [2.24, 2.45) is 7.05 Å². The van der Waals surface area contributed by atoms with Crippen molar-refractivity contribution in [3.63, 3.8) is 0 Å². The van der Waals surface area contributed by atoms with E-state index in [1.165, 1.54) is 11.1 Å². The maximum Gasteiger partial charge on any atom is 0.251 e. The SMILES string of the molecule is CN(C)c1nc(-c2cccc(C(=O)NC3Cc4ccccc4C3)c2)nn1C. The second kappa shape index (κ2) is 6.87. The molecule has 0 fully saturated rings. The average molecular weight is 361 g/mol. The van der Waals surface area contributed by atoms with E-state index in [1.807, 2.05) is 62.4 Å². The number of nitrogens with zero attached hydrogens (tertiary/aromatic N) is 4. The molecular formula is C21H23N5O. The number of benzene rings is 2. The zero-order valence-electron chi connectivity index (χ0n) is 15.8. The molecule has 0 bridgehead atoms. The van der Waals surface area contributed by atoms with Crippen LogP contribution in [0.25, 0.3) is 11.4 Å². The first kappa shape index (κ1) is 17.3. The molecule has 0 unspecified atom stereocenters. The molecule has 0 atom stereocenters. The minimum absolute atomic E-state index is 0.0570. The van der Waals surface area contributed by atoms with Gasteiger partial charge in [-0.25, -0.2) is 4.68 Å². The second-order valence-corrected chi connectivity index (χ2v) is 7.18. The summed E-state index contributed by atoms with van der Waals surface area (Å²) < 4.78 is 1.73. The molecule has 6 nitrogen and oxygen atoms in total. The summed E-state index contributed by atoms with van der Waals surface area (Å²) in [5.41, 5.74) is 4.11. The first-order valence-corrected chi connectivity index (χ1v) is 9.07. The van der Waals surface area contributed by atoms with Gasteiger partial charge in [0, 0.05) is 38.3 Å². The molecule has 0 spiro atoms. The fraction of sp³-hybridized carbons (Fsp3) is 0.286. The fourth-order valence-corrected chi connectivity index (χ4v) is 3.62. The van der Waals surface area contributed by atoms with Crippen molar-refractivity contribution in [1.82, 2.24) is 20.1 Å². The Morgan fingerprint density at radius 3 is 2.44 bits per heavy atom. The third kappa shape index (κ3) is 3.43. The maximum atomic E-state index is 12.8. The van der Waals surface area contributed by atoms with Gasteiger partial charge in [-0.2, -0.15) is 4.98 Å². The van der Waals surface area contributed by atoms with Gasteiger partial charge in [-0.1, -0.05) is 36.4 Å². The van der Waals surface area contributed by atoms with Crippen molar-refractivity contribution in [1.29, 1.82) is 0 Å². The van der Waals surface area contributed by atoms with Gasteiger partial charge in [-0.3, -0.25) is 4.79 Å². The van der Waals surface area contributed by atoms with E-state index >= 15 is 0 Å². The fourth-order valence-electron chi connectivity index (χ4n) is 3.62. The molecule has 1 aromatic heterocycles. The molecular weight excluding hydrogens is 338 g/mol. The number of nitrogens with one attached hydrogen (secondary N) is 1. The van der Waals surface area contributed by atoms with Crippen molar-refractivity contribution in [2.75, 3.05) is 19.0 Å². The molecule has 4 rings (SSSR count). The summed E-state index contributed by atoms with van der Waals surface area (Å²) in [4.78, 5) is 19.2. The number of carbonyl (C=O) groups is 1. The summed E-state index contributed by atoms with van der Waals surface area (Å²) in [6, 6.07) is 16.0. The third-order valence-electron chi connectivity index (χ3n) is 4.91. The molecule has 2 aromatic carbocycles. The molecule has 1 amide bonds. The van der Waals surface area contributed by atoms with Crippen LogP contribution < -0.4 is 10.2 Å². The van der Waals surface area contributed by atoms with Gasteiger partial charge in [0.25, 0.3) is 5.91 Å². The summed E-state index contributed by atoms with van der Waals surface area (Å²) in [6.07, 6.45) is 1.77. The highest BCUT2D eigenvalue weighted by molar-refractivity contribution is 5.95. The maximum absolute atomic E-state index is 12.8. The van der Waals surface area contributed by atoms with E-state index in [-0.39, 0.29) is 11.9 Å². The lowest BCUT2D eigenvalue weighted by atomic mass is 10.1. The average Bonchev–Trinajstić information content (AvgIpc) is 3.24. The Hall–Kier alpha value is -3.15. The number of amides is 1. The first-order chi connectivity index (χ1) is 13.0. The van der Waals surface area contributed by atoms with Crippen LogP contribution in [0.3, 0.4) is 0 Å². The molecule has 1 aliphatic carbocycles. The quantitative estimate of drug-likeness (QED) is 0.775. The van der Waals surface area contributed by atoms with Gasteiger partial charge < -0.3 is 10.2 Å². The molecule has 1 N–H and O–H groups in total. The molecule has 0 saturated carbocycles. The Labute approximate surface area is 158 Å². The number of carbonyl (C=O) groups excluding carboxylic acids is 1. The molecule has 3 aromatic rings. The lowest BCUT2D eigenvalue weighted by molar-refractivity contribution is 0.0938. The standard InChI is InChI=1S/C21H23N5O/c1-25(2)21-23-19(24-26(21)3)16-9-6-10-17(11-16)20(27)22-18-12-14-7-4-5-8-15(14)13-18/h4-11,18H,12-13H2,1-3H3,(H,22,27). The molecule has 0 saturated heterocycles. The van der Waals surface area contributed by atoms with Crippen molar-refractivity contribution >= 4 is 11.9 Å². The number of hydrogen-bond donors (Lipinski definition) is 1. The number of fused-ring (bicyclic) bond motifs is 1. The monoisotopic (exact) mass is 361 g/mol. The van der Waals surface area contributed by atoms with Crippen LogP contribution >= 0.6 is 0 Å². The van der Waals surface area contributed by atoms with Crippen LogP contribution in [-0.4, -0.2) is 40.8 Å². The largest absolute Gasteiger partial charge is 0.349 e. The molecule has 1 aliphatic rings. The van der Waals surface area contributed by atoms with Crippen molar-refractivity contribution < 1.29 is 4.79 Å². The number of rotatable bonds is 4. The molecule has 0 aliphatic heterocycles. The third-order valence-corrected chi connectivity index (χ3v) is 4.91. The first-order valence-electron chi connectivity index (χ1n) is 9.07. The van der Waals surface area contributed by atoms with Crippen molar-refractivity contribution in [3.8, 4) is 11.4 Å². The highest BCUT2D eigenvalue weighted by atomic mass is 16.1. The second-order valence-electron chi connectivity index (χ2n) is 7.18. The van der Waals surface area contributed by atoms with Crippen molar-refractivity contribution in [3.05, 3.63) is 65.2 Å². The topological polar surface area (TPSA) is 63.1 Å². The molecule has 0 radical (unpaired) electrons. The van der Waals surface area contributed by atoms with Gasteiger partial charge >= 0.3 is 0 Å². The van der Waals surface area contributed by atoms with Gasteiger partial charge in [0.2, 0.25) is 5.95 Å². The smallest absolute Gasteiger partial charge is 0.251 e. The number of anilines is 1. The van der Waals surface area contributed by atoms with E-state index in [0.29, 0.717) is 11.4 Å². The van der Waals surface area contributed by atoms with Crippen LogP contribution in [-0.2, 0) is 19.9 Å². The molecule has 6 heteroatoms. The molecule has 138 valence electrons. The Bertz CT molecular complexity index is 967. The van der Waals surface area contributed by atoms with Crippen molar-refractivity contribution in [2.45, 2.75) is 18.9 Å². The van der Waals surface area contributed by atoms with Crippen LogP contribution in [0.1, 0.15) is 21.5 Å². The predicted molar refractivity (Wildman–Crippen MR) is 106 cm³/mol. The van der Waals surface area contributed by atoms with E-state index in [2.05, 4.69) is 27.5 Å². The Balaban J connectivity index is 1.51. The normalized spacial score (nSPS) is 13.4. The molecule has 1 heterocycles. The lowest BCUT2D eigenvalue weighted by Crippen LogP contribution is -2.35. The van der Waals surface area contributed by atoms with Crippen LogP contribution in [0, 0.1) is 0 Å². The Morgan fingerprint density at radius 1 is 1.11 bits per heavy atom. The molecule has 27 heavy (non-hydrogen) atoms. The Morgan fingerprint density at radius 2 is 1.81 bits per heavy atom. The van der Waals surface area contributed by atoms with Crippen LogP contribution in [0.5, 0.6) is 0 Å². The summed E-state index contributed by atoms with van der Waals surface area (Å²) in [5, 5.41) is 7.63. The van der Waals surface area contributed by atoms with E-state index in [9.17, 15) is 4.79 Å². The summed E-state index contributed by atoms with van der Waals surface area (Å²) in [6.45, 7) is 0. The highest BCUT2D eigenvalue weighted by Gasteiger charge is 2.23. The van der Waals surface area contributed by atoms with Crippen LogP contribution in [0.4, 0.5) is 5.95 Å². The number of aryl methyl sites for hydroxylation is 1. The minimum Gasteiger partial charge on any atom is -0.349 e. The van der Waals surface area contributed by atoms with Gasteiger partial charge in [0.1, 0.15) is 0 Å². The van der Waals surface area contributed by atoms with E-state index < -0.39 is 0 Å². The van der Waals surface area contributed by atoms with Crippen LogP contribution in [0.15, 0.2) is 48.5 Å². The summed E-state index contributed by atoms with van der Waals surface area (Å²) >= 11 is 0.